The lowest BCUT2D eigenvalue weighted by molar-refractivity contribution is 0.0526. The smallest absolute Gasteiger partial charge is 0.338 e. The minimum absolute atomic E-state index is 0.258. The van der Waals surface area contributed by atoms with Crippen molar-refractivity contribution in [2.45, 2.75) is 33.1 Å². The number of fused-ring (bicyclic) bond motifs is 2. The van der Waals surface area contributed by atoms with Gasteiger partial charge in [-0.05, 0) is 68.0 Å². The fourth-order valence-corrected chi connectivity index (χ4v) is 6.06. The molecule has 186 valence electrons. The molecule has 0 saturated heterocycles. The number of aliphatic imine (C=N–C) groups is 1. The molecule has 0 unspecified atom stereocenters. The number of esters is 1. The highest BCUT2D eigenvalue weighted by Gasteiger charge is 2.24. The quantitative estimate of drug-likeness (QED) is 0.274. The zero-order valence-corrected chi connectivity index (χ0v) is 21.3. The first-order valence-corrected chi connectivity index (χ1v) is 13.0. The number of nitriles is 1. The van der Waals surface area contributed by atoms with Gasteiger partial charge in [-0.15, -0.1) is 11.3 Å². The number of aromatic nitrogens is 1. The van der Waals surface area contributed by atoms with Gasteiger partial charge in [0.15, 0.2) is 0 Å². The number of carbonyl (C=O) groups is 1. The van der Waals surface area contributed by atoms with Crippen molar-refractivity contribution in [3.8, 4) is 17.6 Å². The Balaban J connectivity index is 1.63. The van der Waals surface area contributed by atoms with Crippen LogP contribution in [-0.2, 0) is 17.6 Å². The first-order chi connectivity index (χ1) is 17.9. The second-order valence-corrected chi connectivity index (χ2v) is 10.2. The standard InChI is InChI=1S/C29H25N3O4S/c1-3-36-29(35)18-9-11-19(12-10-18)32-27(33)22-7-5-4-6-20(22)24(28(32)34)16-31-26-23(15-30)21-13-8-17(2)14-25(21)37-26/h4-7,9-12,16-17,34H,3,8,13-14H2,1-2H3/t17-/m0/s1. The molecule has 0 aliphatic heterocycles. The number of ether oxygens (including phenoxy) is 1. The van der Waals surface area contributed by atoms with Crippen LogP contribution in [0, 0.1) is 17.2 Å². The number of benzene rings is 2. The molecule has 0 radical (unpaired) electrons. The molecule has 5 rings (SSSR count). The van der Waals surface area contributed by atoms with E-state index in [0.717, 1.165) is 24.8 Å². The fraction of sp³-hybridized carbons (Fsp3) is 0.241. The molecular weight excluding hydrogens is 486 g/mol. The third kappa shape index (κ3) is 4.43. The molecule has 2 aromatic heterocycles. The molecule has 0 bridgehead atoms. The first-order valence-electron chi connectivity index (χ1n) is 12.2. The summed E-state index contributed by atoms with van der Waals surface area (Å²) in [6.45, 7) is 4.20. The van der Waals surface area contributed by atoms with Crippen LogP contribution >= 0.6 is 11.3 Å². The van der Waals surface area contributed by atoms with Crippen LogP contribution in [0.4, 0.5) is 5.00 Å². The predicted molar refractivity (Wildman–Crippen MR) is 145 cm³/mol. The molecular formula is C29H25N3O4S. The van der Waals surface area contributed by atoms with Gasteiger partial charge in [-0.2, -0.15) is 5.26 Å². The topological polar surface area (TPSA) is 105 Å². The van der Waals surface area contributed by atoms with Gasteiger partial charge in [-0.25, -0.2) is 14.4 Å². The maximum absolute atomic E-state index is 13.4. The lowest BCUT2D eigenvalue weighted by atomic mass is 9.89. The average molecular weight is 512 g/mol. The van der Waals surface area contributed by atoms with E-state index in [1.165, 1.54) is 27.0 Å². The number of aromatic hydroxyl groups is 1. The number of rotatable bonds is 5. The Labute approximate surface area is 217 Å². The highest BCUT2D eigenvalue weighted by atomic mass is 32.1. The van der Waals surface area contributed by atoms with E-state index in [2.05, 4.69) is 18.0 Å². The van der Waals surface area contributed by atoms with E-state index < -0.39 is 11.5 Å². The lowest BCUT2D eigenvalue weighted by Crippen LogP contribution is -2.20. The maximum Gasteiger partial charge on any atom is 0.338 e. The molecule has 37 heavy (non-hydrogen) atoms. The minimum Gasteiger partial charge on any atom is -0.494 e. The summed E-state index contributed by atoms with van der Waals surface area (Å²) >= 11 is 1.52. The van der Waals surface area contributed by atoms with Gasteiger partial charge in [0.05, 0.1) is 29.0 Å². The minimum atomic E-state index is -0.460. The summed E-state index contributed by atoms with van der Waals surface area (Å²) in [5.41, 5.74) is 2.39. The Morgan fingerprint density at radius 1 is 1.24 bits per heavy atom. The number of thiophene rings is 1. The average Bonchev–Trinajstić information content (AvgIpc) is 3.25. The molecule has 8 heteroatoms. The van der Waals surface area contributed by atoms with Crippen LogP contribution in [0.3, 0.4) is 0 Å². The SMILES string of the molecule is CCOC(=O)c1ccc(-n2c(O)c(C=Nc3sc4c(c3C#N)CC[C@H](C)C4)c3ccccc3c2=O)cc1. The van der Waals surface area contributed by atoms with E-state index >= 15 is 0 Å². The van der Waals surface area contributed by atoms with Gasteiger partial charge >= 0.3 is 5.97 Å². The predicted octanol–water partition coefficient (Wildman–Crippen LogP) is 5.68. The van der Waals surface area contributed by atoms with Gasteiger partial charge in [0, 0.05) is 21.9 Å². The summed E-state index contributed by atoms with van der Waals surface area (Å²) in [5, 5.41) is 22.7. The van der Waals surface area contributed by atoms with Gasteiger partial charge in [-0.1, -0.05) is 25.1 Å². The van der Waals surface area contributed by atoms with Crippen molar-refractivity contribution < 1.29 is 14.6 Å². The number of hydrogen-bond donors (Lipinski definition) is 1. The van der Waals surface area contributed by atoms with E-state index in [9.17, 15) is 20.0 Å². The first kappa shape index (κ1) is 24.5. The zero-order valence-electron chi connectivity index (χ0n) is 20.5. The molecule has 1 atom stereocenters. The van der Waals surface area contributed by atoms with Gasteiger partial charge in [-0.3, -0.25) is 4.79 Å². The number of carbonyl (C=O) groups excluding carboxylic acids is 1. The van der Waals surface area contributed by atoms with Gasteiger partial charge < -0.3 is 9.84 Å². The molecule has 2 aromatic carbocycles. The van der Waals surface area contributed by atoms with Crippen molar-refractivity contribution >= 4 is 39.3 Å². The van der Waals surface area contributed by atoms with Crippen LogP contribution in [0.25, 0.3) is 16.5 Å². The number of nitrogens with zero attached hydrogens (tertiary/aromatic N) is 3. The molecule has 1 aliphatic carbocycles. The van der Waals surface area contributed by atoms with Crippen molar-refractivity contribution in [2.24, 2.45) is 10.9 Å². The summed E-state index contributed by atoms with van der Waals surface area (Å²) in [4.78, 5) is 31.3. The van der Waals surface area contributed by atoms with Gasteiger partial charge in [0.25, 0.3) is 5.56 Å². The van der Waals surface area contributed by atoms with E-state index in [4.69, 9.17) is 4.74 Å². The third-order valence-corrected chi connectivity index (χ3v) is 7.82. The van der Waals surface area contributed by atoms with Crippen LogP contribution in [0.15, 0.2) is 58.3 Å². The van der Waals surface area contributed by atoms with E-state index in [0.29, 0.717) is 44.1 Å². The Hall–Kier alpha value is -4.22. The van der Waals surface area contributed by atoms with Gasteiger partial charge in [0.1, 0.15) is 11.1 Å². The summed E-state index contributed by atoms with van der Waals surface area (Å²) in [7, 11) is 0. The maximum atomic E-state index is 13.4. The highest BCUT2D eigenvalue weighted by Crippen LogP contribution is 2.41. The molecule has 2 heterocycles. The van der Waals surface area contributed by atoms with Crippen LogP contribution in [0.2, 0.25) is 0 Å². The molecule has 4 aromatic rings. The summed E-state index contributed by atoms with van der Waals surface area (Å²) in [6, 6.07) is 15.6. The second-order valence-electron chi connectivity index (χ2n) is 9.09. The number of pyridine rings is 1. The van der Waals surface area contributed by atoms with Crippen LogP contribution in [0.1, 0.15) is 52.2 Å². The molecule has 0 saturated carbocycles. The van der Waals surface area contributed by atoms with E-state index in [1.54, 1.807) is 55.5 Å². The van der Waals surface area contributed by atoms with E-state index in [1.807, 2.05) is 0 Å². The monoisotopic (exact) mass is 511 g/mol. The van der Waals surface area contributed by atoms with Crippen molar-refractivity contribution in [1.82, 2.24) is 4.57 Å². The van der Waals surface area contributed by atoms with E-state index in [-0.39, 0.29) is 12.5 Å². The van der Waals surface area contributed by atoms with Gasteiger partial charge in [0.2, 0.25) is 5.88 Å². The zero-order chi connectivity index (χ0) is 26.1. The highest BCUT2D eigenvalue weighted by molar-refractivity contribution is 7.16. The largest absolute Gasteiger partial charge is 0.494 e. The lowest BCUT2D eigenvalue weighted by Gasteiger charge is -2.17. The van der Waals surface area contributed by atoms with Crippen molar-refractivity contribution in [3.63, 3.8) is 0 Å². The normalized spacial score (nSPS) is 15.0. The Bertz CT molecular complexity index is 1640. The molecule has 0 spiro atoms. The summed E-state index contributed by atoms with van der Waals surface area (Å²) < 4.78 is 6.23. The van der Waals surface area contributed by atoms with Crippen molar-refractivity contribution in [1.29, 1.82) is 5.26 Å². The van der Waals surface area contributed by atoms with Crippen molar-refractivity contribution in [2.75, 3.05) is 6.61 Å². The Morgan fingerprint density at radius 3 is 2.68 bits per heavy atom. The van der Waals surface area contributed by atoms with Crippen LogP contribution < -0.4 is 5.56 Å². The van der Waals surface area contributed by atoms with Crippen LogP contribution in [-0.4, -0.2) is 28.5 Å². The second kappa shape index (κ2) is 10.0. The fourth-order valence-electron chi connectivity index (χ4n) is 4.76. The molecule has 1 aliphatic rings. The Morgan fingerprint density at radius 2 is 1.97 bits per heavy atom. The van der Waals surface area contributed by atoms with Crippen LogP contribution in [0.5, 0.6) is 5.88 Å². The molecule has 0 amide bonds. The third-order valence-electron chi connectivity index (χ3n) is 6.66. The summed E-state index contributed by atoms with van der Waals surface area (Å²) in [5.74, 6) is -0.163. The van der Waals surface area contributed by atoms with Crippen molar-refractivity contribution in [3.05, 3.63) is 86.0 Å². The number of hydrogen-bond acceptors (Lipinski definition) is 7. The molecule has 0 fully saturated rings. The summed E-state index contributed by atoms with van der Waals surface area (Å²) in [6.07, 6.45) is 4.38. The molecule has 7 nitrogen and oxygen atoms in total. The molecule has 1 N–H and O–H groups in total. The Kier molecular flexibility index (Phi) is 6.64.